The Kier molecular flexibility index (Phi) is 6.43. The second kappa shape index (κ2) is 9.70. The first-order valence-electron chi connectivity index (χ1n) is 11.7. The molecule has 9 nitrogen and oxygen atoms in total. The van der Waals surface area contributed by atoms with E-state index < -0.39 is 23.7 Å². The third-order valence-electron chi connectivity index (χ3n) is 6.11. The molecule has 3 heterocycles. The van der Waals surface area contributed by atoms with Crippen molar-refractivity contribution < 1.29 is 33.7 Å². The molecule has 0 radical (unpaired) electrons. The first kappa shape index (κ1) is 24.5. The predicted octanol–water partition coefficient (Wildman–Crippen LogP) is 4.33. The molecule has 2 aliphatic heterocycles. The molecule has 0 bridgehead atoms. The maximum atomic E-state index is 13.4. The number of anilines is 1. The van der Waals surface area contributed by atoms with Gasteiger partial charge in [0, 0.05) is 5.56 Å². The number of amides is 1. The van der Waals surface area contributed by atoms with Gasteiger partial charge >= 0.3 is 11.9 Å². The molecule has 1 N–H and O–H groups in total. The number of rotatable bonds is 5. The van der Waals surface area contributed by atoms with Crippen molar-refractivity contribution in [1.82, 2.24) is 4.98 Å². The number of esters is 1. The van der Waals surface area contributed by atoms with Gasteiger partial charge in [-0.25, -0.2) is 9.78 Å². The number of carbonyl (C=O) groups is 3. The first-order valence-corrected chi connectivity index (χ1v) is 12.5. The van der Waals surface area contributed by atoms with E-state index in [4.69, 9.17) is 14.2 Å². The molecule has 2 aliphatic rings. The van der Waals surface area contributed by atoms with Crippen molar-refractivity contribution in [1.29, 1.82) is 0 Å². The van der Waals surface area contributed by atoms with E-state index in [2.05, 4.69) is 4.98 Å². The molecular formula is C27H24N2O7S. The average molecular weight is 521 g/mol. The fourth-order valence-corrected chi connectivity index (χ4v) is 5.30. The Labute approximate surface area is 216 Å². The lowest BCUT2D eigenvalue weighted by molar-refractivity contribution is -0.132. The second-order valence-electron chi connectivity index (χ2n) is 8.57. The zero-order chi connectivity index (χ0) is 26.3. The summed E-state index contributed by atoms with van der Waals surface area (Å²) in [4.78, 5) is 45.1. The summed E-state index contributed by atoms with van der Waals surface area (Å²) in [6, 6.07) is 11.2. The number of ketones is 1. The molecule has 1 aromatic heterocycles. The van der Waals surface area contributed by atoms with E-state index >= 15 is 0 Å². The van der Waals surface area contributed by atoms with E-state index in [1.54, 1.807) is 44.2 Å². The molecule has 1 unspecified atom stereocenters. The summed E-state index contributed by atoms with van der Waals surface area (Å²) in [5, 5.41) is 11.5. The van der Waals surface area contributed by atoms with Gasteiger partial charge in [0.25, 0.3) is 5.78 Å². The molecule has 3 aromatic rings. The number of aryl methyl sites for hydroxylation is 2. The lowest BCUT2D eigenvalue weighted by atomic mass is 9.94. The van der Waals surface area contributed by atoms with Crippen molar-refractivity contribution in [2.45, 2.75) is 26.8 Å². The van der Waals surface area contributed by atoms with Gasteiger partial charge in [-0.1, -0.05) is 41.2 Å². The second-order valence-corrected chi connectivity index (χ2v) is 9.55. The highest BCUT2D eigenvalue weighted by Crippen LogP contribution is 2.44. The molecule has 2 aromatic carbocycles. The standard InChI is InChI=1S/C27H24N2O7S/c1-4-34-26(33)24-15(3)28-27(37-24)29-21(16-7-5-14(2)6-8-16)20(23(31)25(29)32)22(30)17-9-10-18-19(13-17)36-12-11-35-18/h5-10,13,21,30H,4,11-12H2,1-3H3. The number of thiazole rings is 1. The summed E-state index contributed by atoms with van der Waals surface area (Å²) in [7, 11) is 0. The van der Waals surface area contributed by atoms with E-state index in [0.29, 0.717) is 41.5 Å². The fourth-order valence-electron chi connectivity index (χ4n) is 4.31. The van der Waals surface area contributed by atoms with Gasteiger partial charge in [0.15, 0.2) is 16.6 Å². The monoisotopic (exact) mass is 520 g/mol. The lowest BCUT2D eigenvalue weighted by Gasteiger charge is -2.23. The predicted molar refractivity (Wildman–Crippen MR) is 136 cm³/mol. The zero-order valence-corrected chi connectivity index (χ0v) is 21.3. The number of fused-ring (bicyclic) bond motifs is 1. The SMILES string of the molecule is CCOC(=O)c1sc(N2C(=O)C(=O)C(=C(O)c3ccc4c(c3)OCCO4)C2c2ccc(C)cc2)nc1C. The first-order chi connectivity index (χ1) is 17.8. The van der Waals surface area contributed by atoms with Crippen molar-refractivity contribution in [2.24, 2.45) is 0 Å². The lowest BCUT2D eigenvalue weighted by Crippen LogP contribution is -2.29. The van der Waals surface area contributed by atoms with Gasteiger partial charge in [-0.2, -0.15) is 0 Å². The minimum atomic E-state index is -0.964. The Morgan fingerprint density at radius 3 is 2.51 bits per heavy atom. The van der Waals surface area contributed by atoms with Crippen molar-refractivity contribution in [2.75, 3.05) is 24.7 Å². The van der Waals surface area contributed by atoms with Crippen molar-refractivity contribution in [3.8, 4) is 11.5 Å². The Hall–Kier alpha value is -4.18. The third kappa shape index (κ3) is 4.33. The summed E-state index contributed by atoms with van der Waals surface area (Å²) in [6.45, 7) is 6.22. The highest BCUT2D eigenvalue weighted by molar-refractivity contribution is 7.17. The van der Waals surface area contributed by atoms with E-state index in [-0.39, 0.29) is 27.9 Å². The molecule has 1 amide bonds. The molecule has 1 atom stereocenters. The smallest absolute Gasteiger partial charge is 0.350 e. The normalized spacial score (nSPS) is 18.2. The number of hydrogen-bond acceptors (Lipinski definition) is 9. The van der Waals surface area contributed by atoms with Crippen LogP contribution in [0.5, 0.6) is 11.5 Å². The van der Waals surface area contributed by atoms with Crippen LogP contribution in [0.3, 0.4) is 0 Å². The Balaban J connectivity index is 1.66. The molecule has 190 valence electrons. The summed E-state index contributed by atoms with van der Waals surface area (Å²) >= 11 is 0.967. The van der Waals surface area contributed by atoms with E-state index in [9.17, 15) is 19.5 Å². The molecule has 10 heteroatoms. The number of carbonyl (C=O) groups excluding carboxylic acids is 3. The zero-order valence-electron chi connectivity index (χ0n) is 20.4. The number of aliphatic hydroxyl groups is 1. The molecule has 0 aliphatic carbocycles. The highest BCUT2D eigenvalue weighted by atomic mass is 32.1. The van der Waals surface area contributed by atoms with Crippen LogP contribution in [-0.2, 0) is 14.3 Å². The van der Waals surface area contributed by atoms with Crippen LogP contribution in [-0.4, -0.2) is 47.6 Å². The Bertz CT molecular complexity index is 1440. The molecule has 1 saturated heterocycles. The van der Waals surface area contributed by atoms with Crippen LogP contribution in [0, 0.1) is 13.8 Å². The Morgan fingerprint density at radius 1 is 1.11 bits per heavy atom. The fraction of sp³-hybridized carbons (Fsp3) is 0.259. The quantitative estimate of drug-likeness (QED) is 0.229. The van der Waals surface area contributed by atoms with Gasteiger partial charge in [-0.15, -0.1) is 0 Å². The van der Waals surface area contributed by atoms with Crippen LogP contribution >= 0.6 is 11.3 Å². The molecule has 0 saturated carbocycles. The molecule has 5 rings (SSSR count). The number of aliphatic hydroxyl groups excluding tert-OH is 1. The van der Waals surface area contributed by atoms with Gasteiger partial charge in [0.1, 0.15) is 23.9 Å². The largest absolute Gasteiger partial charge is 0.507 e. The van der Waals surface area contributed by atoms with Crippen LogP contribution in [0.15, 0.2) is 48.0 Å². The van der Waals surface area contributed by atoms with Gasteiger partial charge in [-0.05, 0) is 44.5 Å². The third-order valence-corrected chi connectivity index (χ3v) is 7.24. The Morgan fingerprint density at radius 2 is 1.81 bits per heavy atom. The van der Waals surface area contributed by atoms with Crippen LogP contribution in [0.25, 0.3) is 5.76 Å². The minimum Gasteiger partial charge on any atom is -0.507 e. The molecular weight excluding hydrogens is 496 g/mol. The average Bonchev–Trinajstić information content (AvgIpc) is 3.40. The summed E-state index contributed by atoms with van der Waals surface area (Å²) in [5.74, 6) is -1.64. The maximum absolute atomic E-state index is 13.4. The van der Waals surface area contributed by atoms with Gasteiger partial charge in [0.2, 0.25) is 0 Å². The van der Waals surface area contributed by atoms with Crippen LogP contribution < -0.4 is 14.4 Å². The summed E-state index contributed by atoms with van der Waals surface area (Å²) in [5.41, 5.74) is 2.20. The minimum absolute atomic E-state index is 0.0870. The number of Topliss-reactive ketones (excluding diaryl/α,β-unsaturated/α-hetero) is 1. The van der Waals surface area contributed by atoms with Gasteiger partial charge in [-0.3, -0.25) is 14.5 Å². The summed E-state index contributed by atoms with van der Waals surface area (Å²) in [6.07, 6.45) is 0. The summed E-state index contributed by atoms with van der Waals surface area (Å²) < 4.78 is 16.3. The number of hydrogen-bond donors (Lipinski definition) is 1. The van der Waals surface area contributed by atoms with Crippen LogP contribution in [0.4, 0.5) is 5.13 Å². The maximum Gasteiger partial charge on any atom is 0.350 e. The van der Waals surface area contributed by atoms with Gasteiger partial charge < -0.3 is 19.3 Å². The molecule has 37 heavy (non-hydrogen) atoms. The van der Waals surface area contributed by atoms with Gasteiger partial charge in [0.05, 0.1) is 23.9 Å². The van der Waals surface area contributed by atoms with E-state index in [0.717, 1.165) is 16.9 Å². The number of aromatic nitrogens is 1. The van der Waals surface area contributed by atoms with Crippen LogP contribution in [0.2, 0.25) is 0 Å². The molecule has 0 spiro atoms. The topological polar surface area (TPSA) is 115 Å². The van der Waals surface area contributed by atoms with Crippen molar-refractivity contribution >= 4 is 39.9 Å². The van der Waals surface area contributed by atoms with E-state index in [1.165, 1.54) is 4.90 Å². The van der Waals surface area contributed by atoms with Crippen LogP contribution in [0.1, 0.15) is 45.0 Å². The number of nitrogens with zero attached hydrogens (tertiary/aromatic N) is 2. The van der Waals surface area contributed by atoms with Crippen molar-refractivity contribution in [3.63, 3.8) is 0 Å². The molecule has 1 fully saturated rings. The van der Waals surface area contributed by atoms with E-state index in [1.807, 2.05) is 19.1 Å². The number of benzene rings is 2. The van der Waals surface area contributed by atoms with Crippen molar-refractivity contribution in [3.05, 3.63) is 75.3 Å². The highest BCUT2D eigenvalue weighted by Gasteiger charge is 2.48. The number of ether oxygens (including phenoxy) is 3.